The smallest absolute Gasteiger partial charge is 0.329 e. The maximum Gasteiger partial charge on any atom is 0.329 e. The van der Waals surface area contributed by atoms with Gasteiger partial charge in [-0.1, -0.05) is 54.6 Å². The van der Waals surface area contributed by atoms with Crippen molar-refractivity contribution in [3.8, 4) is 11.3 Å². The fourth-order valence-corrected chi connectivity index (χ4v) is 10.9. The van der Waals surface area contributed by atoms with Crippen LogP contribution in [0.4, 0.5) is 10.5 Å². The number of esters is 6. The molecular formula is C76H115N11O16. The number of unbranched alkanes of at least 4 members (excludes halogenated alkanes) is 1. The molecule has 1 fully saturated rings. The molecule has 1 aliphatic rings. The summed E-state index contributed by atoms with van der Waals surface area (Å²) in [6, 6.07) is 18.1. The predicted molar refractivity (Wildman–Crippen MR) is 392 cm³/mol. The van der Waals surface area contributed by atoms with Gasteiger partial charge in [-0.3, -0.25) is 57.8 Å². The van der Waals surface area contributed by atoms with E-state index in [1.807, 2.05) is 82.8 Å². The molecule has 0 bridgehead atoms. The van der Waals surface area contributed by atoms with E-state index in [1.165, 1.54) is 4.68 Å². The van der Waals surface area contributed by atoms with Crippen LogP contribution in [0.15, 0.2) is 79.0 Å². The molecule has 5 amide bonds. The Morgan fingerprint density at radius 3 is 1.34 bits per heavy atom. The van der Waals surface area contributed by atoms with Crippen LogP contribution in [-0.4, -0.2) is 226 Å². The second-order valence-electron chi connectivity index (χ2n) is 32.1. The van der Waals surface area contributed by atoms with E-state index in [2.05, 4.69) is 31.7 Å². The van der Waals surface area contributed by atoms with Crippen molar-refractivity contribution in [3.63, 3.8) is 0 Å². The van der Waals surface area contributed by atoms with Crippen molar-refractivity contribution < 1.29 is 76.4 Å². The lowest BCUT2D eigenvalue weighted by Gasteiger charge is -2.34. The number of benzene rings is 3. The monoisotopic (exact) mass is 1440 g/mol. The first-order chi connectivity index (χ1) is 47.8. The van der Waals surface area contributed by atoms with Crippen molar-refractivity contribution in [2.75, 3.05) is 90.4 Å². The van der Waals surface area contributed by atoms with Crippen molar-refractivity contribution in [3.05, 3.63) is 84.6 Å². The lowest BCUT2D eigenvalue weighted by atomic mass is 10.0. The normalized spacial score (nSPS) is 15.4. The molecule has 27 nitrogen and oxygen atoms in total. The first kappa shape index (κ1) is 85.1. The van der Waals surface area contributed by atoms with Gasteiger partial charge in [0.05, 0.1) is 31.9 Å². The average Bonchev–Trinajstić information content (AvgIpc) is 1.32. The minimum absolute atomic E-state index is 0.00178. The van der Waals surface area contributed by atoms with Gasteiger partial charge in [0.15, 0.2) is 0 Å². The van der Waals surface area contributed by atoms with Crippen LogP contribution in [0, 0.1) is 0 Å². The molecule has 3 atom stereocenters. The molecule has 4 aromatic rings. The zero-order valence-electron chi connectivity index (χ0n) is 64.1. The SMILES string of the molecule is CC(C)(C)OC(=O)CC[C@H](NC(=O)N[C@@H](CCCCNC(=O)[C@H](Cc1ccc2ccccc2c1)NC(=O)Cn1ccc(-c2ccc(NC(=O)CN3CCN(CC(=O)OC(C)(C)C)CCN(CC(=O)OC(C)(C)C)CCN(CC(=O)OC(C)(C)C)CC3)cc2)n1)C(=O)OC(C)(C)C)C(=O)OC(C)(C)C. The van der Waals surface area contributed by atoms with Crippen LogP contribution in [0.3, 0.4) is 0 Å². The number of hydrogen-bond acceptors (Lipinski definition) is 21. The van der Waals surface area contributed by atoms with Gasteiger partial charge in [0.2, 0.25) is 17.7 Å². The highest BCUT2D eigenvalue weighted by Crippen LogP contribution is 2.23. The van der Waals surface area contributed by atoms with Gasteiger partial charge in [-0.25, -0.2) is 14.4 Å². The van der Waals surface area contributed by atoms with Crippen molar-refractivity contribution in [1.29, 1.82) is 0 Å². The van der Waals surface area contributed by atoms with Gasteiger partial charge >= 0.3 is 41.8 Å². The summed E-state index contributed by atoms with van der Waals surface area (Å²) in [5.74, 6) is -4.52. The van der Waals surface area contributed by atoms with Crippen LogP contribution in [0.25, 0.3) is 22.0 Å². The Labute approximate surface area is 608 Å². The zero-order valence-corrected chi connectivity index (χ0v) is 64.1. The summed E-state index contributed by atoms with van der Waals surface area (Å²) in [5.41, 5.74) is -2.15. The highest BCUT2D eigenvalue weighted by atomic mass is 16.6. The number of ether oxygens (including phenoxy) is 6. The molecule has 1 saturated heterocycles. The van der Waals surface area contributed by atoms with Gasteiger partial charge in [-0.05, 0) is 185 Å². The second-order valence-corrected chi connectivity index (χ2v) is 32.1. The molecule has 2 heterocycles. The molecule has 27 heteroatoms. The molecule has 0 spiro atoms. The van der Waals surface area contributed by atoms with Crippen LogP contribution in [-0.2, 0) is 84.5 Å². The fourth-order valence-electron chi connectivity index (χ4n) is 10.9. The van der Waals surface area contributed by atoms with Crippen LogP contribution >= 0.6 is 0 Å². The molecule has 1 aliphatic heterocycles. The number of hydrogen-bond donors (Lipinski definition) is 5. The Balaban J connectivity index is 1.24. The van der Waals surface area contributed by atoms with E-state index >= 15 is 0 Å². The number of fused-ring (bicyclic) bond motifs is 1. The van der Waals surface area contributed by atoms with E-state index < -0.39 is 105 Å². The average molecular weight is 1440 g/mol. The maximum absolute atomic E-state index is 14.2. The number of urea groups is 1. The quantitative estimate of drug-likeness (QED) is 0.0206. The number of nitrogens with one attached hydrogen (secondary N) is 5. The Bertz CT molecular complexity index is 3450. The molecule has 0 aliphatic carbocycles. The summed E-state index contributed by atoms with van der Waals surface area (Å²) in [6.07, 6.45) is 2.22. The molecule has 3 aromatic carbocycles. The highest BCUT2D eigenvalue weighted by Gasteiger charge is 2.33. The minimum Gasteiger partial charge on any atom is -0.460 e. The van der Waals surface area contributed by atoms with Crippen molar-refractivity contribution in [1.82, 2.24) is 50.6 Å². The first-order valence-corrected chi connectivity index (χ1v) is 35.6. The second kappa shape index (κ2) is 38.3. The molecular weight excluding hydrogens is 1320 g/mol. The largest absolute Gasteiger partial charge is 0.460 e. The number of carbonyl (C=O) groups excluding carboxylic acids is 10. The van der Waals surface area contributed by atoms with Crippen LogP contribution in [0.5, 0.6) is 0 Å². The van der Waals surface area contributed by atoms with Crippen molar-refractivity contribution in [2.24, 2.45) is 0 Å². The maximum atomic E-state index is 14.2. The first-order valence-electron chi connectivity index (χ1n) is 35.6. The van der Waals surface area contributed by atoms with Crippen LogP contribution < -0.4 is 26.6 Å². The number of rotatable bonds is 28. The third-order valence-corrected chi connectivity index (χ3v) is 15.2. The van der Waals surface area contributed by atoms with Gasteiger partial charge in [-0.2, -0.15) is 5.10 Å². The molecule has 0 saturated carbocycles. The lowest BCUT2D eigenvalue weighted by Crippen LogP contribution is -2.53. The summed E-state index contributed by atoms with van der Waals surface area (Å²) < 4.78 is 35.2. The Hall–Kier alpha value is -8.53. The van der Waals surface area contributed by atoms with Crippen LogP contribution in [0.1, 0.15) is 162 Å². The summed E-state index contributed by atoms with van der Waals surface area (Å²) in [6.45, 7) is 34.4. The molecule has 0 unspecified atom stereocenters. The van der Waals surface area contributed by atoms with Gasteiger partial charge < -0.3 is 55.0 Å². The van der Waals surface area contributed by atoms with E-state index in [1.54, 1.807) is 140 Å². The van der Waals surface area contributed by atoms with E-state index in [9.17, 15) is 47.9 Å². The molecule has 1 aromatic heterocycles. The lowest BCUT2D eigenvalue weighted by molar-refractivity contribution is -0.159. The zero-order chi connectivity index (χ0) is 76.7. The predicted octanol–water partition coefficient (Wildman–Crippen LogP) is 7.74. The summed E-state index contributed by atoms with van der Waals surface area (Å²) >= 11 is 0. The molecule has 103 heavy (non-hydrogen) atoms. The van der Waals surface area contributed by atoms with Gasteiger partial charge in [0.25, 0.3) is 0 Å². The van der Waals surface area contributed by atoms with Gasteiger partial charge in [-0.15, -0.1) is 0 Å². The number of amides is 5. The minimum atomic E-state index is -1.27. The third-order valence-electron chi connectivity index (χ3n) is 15.2. The summed E-state index contributed by atoms with van der Waals surface area (Å²) in [4.78, 5) is 143. The van der Waals surface area contributed by atoms with E-state index in [0.717, 1.165) is 16.3 Å². The third kappa shape index (κ3) is 35.0. The number of aromatic nitrogens is 2. The molecule has 5 rings (SSSR count). The number of carbonyl (C=O) groups is 10. The Morgan fingerprint density at radius 1 is 0.437 bits per heavy atom. The topological polar surface area (TPSA) is 317 Å². The number of anilines is 1. The van der Waals surface area contributed by atoms with Crippen molar-refractivity contribution >= 4 is 76.0 Å². The summed E-state index contributed by atoms with van der Waals surface area (Å²) in [7, 11) is 0. The van der Waals surface area contributed by atoms with Crippen LogP contribution in [0.2, 0.25) is 0 Å². The molecule has 0 radical (unpaired) electrons. The summed E-state index contributed by atoms with van der Waals surface area (Å²) in [5, 5.41) is 20.7. The van der Waals surface area contributed by atoms with Gasteiger partial charge in [0.1, 0.15) is 58.3 Å². The highest BCUT2D eigenvalue weighted by molar-refractivity contribution is 5.93. The molecule has 5 N–H and O–H groups in total. The van der Waals surface area contributed by atoms with E-state index in [4.69, 9.17) is 28.4 Å². The Morgan fingerprint density at radius 2 is 0.874 bits per heavy atom. The standard InChI is InChI=1S/C76H115N11O16/c1-71(2,3)98-63(90)33-32-59(69(96)103-76(16,17)18)81-70(97)80-58(68(95)102-75(13,14)15)25-21-22-35-77-67(94)60(46-52-26-27-53-23-19-20-24-55(53)45-52)79-62(89)48-87-36-34-57(82-87)54-28-30-56(31-29-54)78-61(88)47-83-37-39-84(49-64(91)99-72(4,5)6)41-43-86(51-66(93)101-74(10,11)12)44-42-85(40-38-83)50-65(92)100-73(7,8)9/h19-20,23-24,26-31,34,36,45,58-60H,21-22,25,32-33,35,37-44,46-51H2,1-18H3,(H,77,94)(H,78,88)(H,79,89)(H2,80,81,97)/t58-,59-,60-/m0/s1. The number of nitrogens with zero attached hydrogens (tertiary/aromatic N) is 6. The van der Waals surface area contributed by atoms with E-state index in [-0.39, 0.29) is 70.9 Å². The van der Waals surface area contributed by atoms with Crippen molar-refractivity contribution in [2.45, 2.75) is 221 Å². The Kier molecular flexibility index (Phi) is 31.6. The fraction of sp³-hybridized carbons (Fsp3) is 0.618. The molecule has 570 valence electrons. The van der Waals surface area contributed by atoms with E-state index in [0.29, 0.717) is 82.1 Å². The van der Waals surface area contributed by atoms with Gasteiger partial charge in [0, 0.05) is 89.2 Å².